The molecule has 4 aromatic rings. The summed E-state index contributed by atoms with van der Waals surface area (Å²) in [7, 11) is 0. The number of nitrogens with one attached hydrogen (secondary N) is 1. The average Bonchev–Trinajstić information content (AvgIpc) is 3.16. The molecule has 1 heterocycles. The Morgan fingerprint density at radius 1 is 0.857 bits per heavy atom. The fraction of sp³-hybridized carbons (Fsp3) is 0.167. The topological polar surface area (TPSA) is 42.0 Å². The quantitative estimate of drug-likeness (QED) is 0.454. The predicted octanol–water partition coefficient (Wildman–Crippen LogP) is 5.52. The summed E-state index contributed by atoms with van der Waals surface area (Å²) < 4.78 is 1.20. The molecule has 4 rings (SSSR count). The van der Waals surface area contributed by atoms with Crippen LogP contribution in [-0.4, -0.2) is 10.9 Å². The zero-order valence-electron chi connectivity index (χ0n) is 15.5. The van der Waals surface area contributed by atoms with E-state index in [0.29, 0.717) is 6.42 Å². The van der Waals surface area contributed by atoms with Gasteiger partial charge in [0, 0.05) is 6.42 Å². The Morgan fingerprint density at radius 3 is 2.11 bits per heavy atom. The molecule has 0 unspecified atom stereocenters. The molecule has 4 heteroatoms. The van der Waals surface area contributed by atoms with Crippen LogP contribution in [0.4, 0.5) is 0 Å². The van der Waals surface area contributed by atoms with E-state index in [2.05, 4.69) is 40.6 Å². The Balaban J connectivity index is 1.39. The Bertz CT molecular complexity index is 971. The lowest BCUT2D eigenvalue weighted by atomic mass is 9.98. The van der Waals surface area contributed by atoms with Crippen molar-refractivity contribution in [1.82, 2.24) is 10.3 Å². The summed E-state index contributed by atoms with van der Waals surface area (Å²) >= 11 is 1.71. The molecule has 0 aliphatic carbocycles. The summed E-state index contributed by atoms with van der Waals surface area (Å²) in [4.78, 5) is 17.3. The lowest BCUT2D eigenvalue weighted by molar-refractivity contribution is -0.121. The molecule has 0 aliphatic rings. The third-order valence-electron chi connectivity index (χ3n) is 4.70. The molecule has 0 spiro atoms. The number of nitrogens with zero attached hydrogens (tertiary/aromatic N) is 1. The first-order valence-corrected chi connectivity index (χ1v) is 10.3. The van der Waals surface area contributed by atoms with Crippen LogP contribution in [-0.2, 0) is 11.2 Å². The minimum Gasteiger partial charge on any atom is -0.345 e. The van der Waals surface area contributed by atoms with Gasteiger partial charge in [0.15, 0.2) is 0 Å². The van der Waals surface area contributed by atoms with Crippen LogP contribution in [0.3, 0.4) is 0 Å². The van der Waals surface area contributed by atoms with Gasteiger partial charge in [-0.05, 0) is 36.1 Å². The number of carbonyl (C=O) groups excluding carboxylic acids is 1. The van der Waals surface area contributed by atoms with Crippen LogP contribution in [0.1, 0.15) is 35.0 Å². The van der Waals surface area contributed by atoms with E-state index in [1.807, 2.05) is 54.6 Å². The molecule has 0 fully saturated rings. The van der Waals surface area contributed by atoms with E-state index >= 15 is 0 Å². The number of aromatic nitrogens is 1. The number of carbonyl (C=O) groups is 1. The molecule has 0 bridgehead atoms. The number of rotatable bonds is 7. The van der Waals surface area contributed by atoms with E-state index in [9.17, 15) is 4.79 Å². The number of benzene rings is 3. The van der Waals surface area contributed by atoms with Gasteiger partial charge in [0.05, 0.1) is 21.3 Å². The van der Waals surface area contributed by atoms with Gasteiger partial charge in [-0.25, -0.2) is 4.98 Å². The predicted molar refractivity (Wildman–Crippen MR) is 115 cm³/mol. The van der Waals surface area contributed by atoms with Crippen molar-refractivity contribution in [2.75, 3.05) is 0 Å². The minimum atomic E-state index is -0.127. The van der Waals surface area contributed by atoms with E-state index in [0.717, 1.165) is 34.5 Å². The second-order valence-electron chi connectivity index (χ2n) is 6.75. The second-order valence-corrected chi connectivity index (χ2v) is 7.87. The molecule has 3 nitrogen and oxygen atoms in total. The third-order valence-corrected chi connectivity index (χ3v) is 5.80. The summed E-state index contributed by atoms with van der Waals surface area (Å²) in [5.74, 6) is 0.0683. The zero-order valence-corrected chi connectivity index (χ0v) is 16.4. The fourth-order valence-corrected chi connectivity index (χ4v) is 4.32. The van der Waals surface area contributed by atoms with Crippen molar-refractivity contribution in [2.45, 2.75) is 25.3 Å². The van der Waals surface area contributed by atoms with Crippen LogP contribution in [0.2, 0.25) is 0 Å². The van der Waals surface area contributed by atoms with E-state index in [1.54, 1.807) is 11.3 Å². The van der Waals surface area contributed by atoms with Crippen LogP contribution in [0.5, 0.6) is 0 Å². The maximum absolute atomic E-state index is 12.6. The van der Waals surface area contributed by atoms with E-state index in [-0.39, 0.29) is 11.9 Å². The average molecular weight is 387 g/mol. The van der Waals surface area contributed by atoms with Gasteiger partial charge in [0.1, 0.15) is 0 Å². The Labute approximate surface area is 169 Å². The monoisotopic (exact) mass is 386 g/mol. The van der Waals surface area contributed by atoms with Gasteiger partial charge >= 0.3 is 0 Å². The summed E-state index contributed by atoms with van der Waals surface area (Å²) in [6, 6.07) is 28.3. The van der Waals surface area contributed by atoms with Crippen molar-refractivity contribution in [2.24, 2.45) is 0 Å². The van der Waals surface area contributed by atoms with Crippen LogP contribution in [0.25, 0.3) is 10.2 Å². The first-order chi connectivity index (χ1) is 13.8. The molecule has 0 aliphatic heterocycles. The normalized spacial score (nSPS) is 11.0. The van der Waals surface area contributed by atoms with Crippen molar-refractivity contribution in [3.8, 4) is 0 Å². The number of para-hydroxylation sites is 1. The van der Waals surface area contributed by atoms with E-state index < -0.39 is 0 Å². The number of fused-ring (bicyclic) bond motifs is 1. The van der Waals surface area contributed by atoms with E-state index in [1.165, 1.54) is 4.70 Å². The van der Waals surface area contributed by atoms with Crippen molar-refractivity contribution in [3.05, 3.63) is 101 Å². The SMILES string of the molecule is O=C(CCCc1nc2ccccc2s1)NC(c1ccccc1)c1ccccc1. The molecular weight excluding hydrogens is 364 g/mol. The van der Waals surface area contributed by atoms with Crippen LogP contribution in [0.15, 0.2) is 84.9 Å². The van der Waals surface area contributed by atoms with Gasteiger partial charge in [-0.3, -0.25) is 4.79 Å². The number of aryl methyl sites for hydroxylation is 1. The van der Waals surface area contributed by atoms with Crippen molar-refractivity contribution < 1.29 is 4.79 Å². The first-order valence-electron chi connectivity index (χ1n) is 9.53. The lowest BCUT2D eigenvalue weighted by Crippen LogP contribution is -2.29. The molecule has 140 valence electrons. The smallest absolute Gasteiger partial charge is 0.220 e. The van der Waals surface area contributed by atoms with Crippen molar-refractivity contribution >= 4 is 27.5 Å². The Hall–Kier alpha value is -2.98. The molecular formula is C24H22N2OS. The molecule has 28 heavy (non-hydrogen) atoms. The molecule has 0 radical (unpaired) electrons. The largest absolute Gasteiger partial charge is 0.345 e. The minimum absolute atomic E-state index is 0.0683. The molecule has 0 saturated carbocycles. The highest BCUT2D eigenvalue weighted by atomic mass is 32.1. The lowest BCUT2D eigenvalue weighted by Gasteiger charge is -2.20. The maximum Gasteiger partial charge on any atom is 0.220 e. The third kappa shape index (κ3) is 4.46. The summed E-state index contributed by atoms with van der Waals surface area (Å²) in [5, 5.41) is 4.30. The van der Waals surface area contributed by atoms with Crippen molar-refractivity contribution in [1.29, 1.82) is 0 Å². The second kappa shape index (κ2) is 8.81. The summed E-state index contributed by atoms with van der Waals surface area (Å²) in [6.07, 6.45) is 2.11. The molecule has 1 aromatic heterocycles. The molecule has 3 aromatic carbocycles. The zero-order chi connectivity index (χ0) is 19.2. The van der Waals surface area contributed by atoms with Gasteiger partial charge in [0.2, 0.25) is 5.91 Å². The van der Waals surface area contributed by atoms with Gasteiger partial charge in [-0.15, -0.1) is 11.3 Å². The number of hydrogen-bond acceptors (Lipinski definition) is 3. The van der Waals surface area contributed by atoms with Gasteiger partial charge in [-0.1, -0.05) is 72.8 Å². The van der Waals surface area contributed by atoms with Crippen LogP contribution < -0.4 is 5.32 Å². The molecule has 1 amide bonds. The highest BCUT2D eigenvalue weighted by Gasteiger charge is 2.16. The number of thiazole rings is 1. The van der Waals surface area contributed by atoms with Gasteiger partial charge < -0.3 is 5.32 Å². The van der Waals surface area contributed by atoms with Gasteiger partial charge in [0.25, 0.3) is 0 Å². The summed E-state index contributed by atoms with van der Waals surface area (Å²) in [5.41, 5.74) is 3.22. The van der Waals surface area contributed by atoms with Crippen LogP contribution >= 0.6 is 11.3 Å². The standard InChI is InChI=1S/C24H22N2OS/c27-22(16-9-17-23-25-20-14-7-8-15-21(20)28-23)26-24(18-10-3-1-4-11-18)19-12-5-2-6-13-19/h1-8,10-15,24H,9,16-17H2,(H,26,27). The van der Waals surface area contributed by atoms with Crippen LogP contribution in [0, 0.1) is 0 Å². The first kappa shape index (κ1) is 18.4. The molecule has 0 saturated heterocycles. The Kier molecular flexibility index (Phi) is 5.78. The maximum atomic E-state index is 12.6. The van der Waals surface area contributed by atoms with Crippen molar-refractivity contribution in [3.63, 3.8) is 0 Å². The van der Waals surface area contributed by atoms with Gasteiger partial charge in [-0.2, -0.15) is 0 Å². The fourth-order valence-electron chi connectivity index (χ4n) is 3.31. The summed E-state index contributed by atoms with van der Waals surface area (Å²) in [6.45, 7) is 0. The number of amides is 1. The highest BCUT2D eigenvalue weighted by Crippen LogP contribution is 2.24. The Morgan fingerprint density at radius 2 is 1.46 bits per heavy atom. The van der Waals surface area contributed by atoms with E-state index in [4.69, 9.17) is 0 Å². The highest BCUT2D eigenvalue weighted by molar-refractivity contribution is 7.18. The molecule has 1 N–H and O–H groups in total. The molecule has 0 atom stereocenters. The number of hydrogen-bond donors (Lipinski definition) is 1.